The summed E-state index contributed by atoms with van der Waals surface area (Å²) in [5, 5.41) is 7.82. The van der Waals surface area contributed by atoms with Gasteiger partial charge in [-0.3, -0.25) is 9.98 Å². The van der Waals surface area contributed by atoms with Crippen LogP contribution in [0.1, 0.15) is 11.1 Å². The predicted molar refractivity (Wildman–Crippen MR) is 108 cm³/mol. The zero-order valence-electron chi connectivity index (χ0n) is 15.8. The molecule has 0 saturated heterocycles. The van der Waals surface area contributed by atoms with Crippen LogP contribution in [-0.2, 0) is 13.1 Å². The lowest BCUT2D eigenvalue weighted by atomic mass is 10.1. The third-order valence-electron chi connectivity index (χ3n) is 4.32. The van der Waals surface area contributed by atoms with Crippen molar-refractivity contribution in [2.75, 3.05) is 21.3 Å². The summed E-state index contributed by atoms with van der Waals surface area (Å²) in [6, 6.07) is 16.0. The molecule has 0 atom stereocenters. The molecule has 0 aliphatic heterocycles. The number of guanidine groups is 1. The van der Waals surface area contributed by atoms with E-state index < -0.39 is 0 Å². The van der Waals surface area contributed by atoms with Gasteiger partial charge in [-0.25, -0.2) is 0 Å². The quantitative estimate of drug-likeness (QED) is 0.520. The number of aromatic nitrogens is 1. The van der Waals surface area contributed by atoms with E-state index in [0.717, 1.165) is 22.4 Å². The number of rotatable bonds is 6. The molecule has 0 spiro atoms. The number of hydrogen-bond acceptors (Lipinski definition) is 4. The number of nitrogens with one attached hydrogen (secondary N) is 2. The van der Waals surface area contributed by atoms with Crippen LogP contribution in [0, 0.1) is 0 Å². The summed E-state index contributed by atoms with van der Waals surface area (Å²) in [6.07, 6.45) is 1.83. The monoisotopic (exact) mass is 364 g/mol. The van der Waals surface area contributed by atoms with Gasteiger partial charge >= 0.3 is 0 Å². The molecule has 1 aromatic heterocycles. The zero-order chi connectivity index (χ0) is 19.1. The van der Waals surface area contributed by atoms with Crippen molar-refractivity contribution in [3.8, 4) is 11.5 Å². The molecule has 27 heavy (non-hydrogen) atoms. The van der Waals surface area contributed by atoms with Gasteiger partial charge in [0.2, 0.25) is 0 Å². The molecule has 6 heteroatoms. The van der Waals surface area contributed by atoms with Gasteiger partial charge in [0.15, 0.2) is 17.5 Å². The topological polar surface area (TPSA) is 67.8 Å². The molecule has 6 nitrogen and oxygen atoms in total. The summed E-state index contributed by atoms with van der Waals surface area (Å²) in [4.78, 5) is 8.70. The van der Waals surface area contributed by atoms with Crippen LogP contribution in [-0.4, -0.2) is 32.2 Å². The van der Waals surface area contributed by atoms with E-state index in [9.17, 15) is 0 Å². The molecule has 0 fully saturated rings. The van der Waals surface area contributed by atoms with Gasteiger partial charge in [0.1, 0.15) is 0 Å². The van der Waals surface area contributed by atoms with Crippen LogP contribution >= 0.6 is 0 Å². The molecule has 2 aromatic carbocycles. The Morgan fingerprint density at radius 3 is 2.52 bits per heavy atom. The molecule has 140 valence electrons. The number of pyridine rings is 1. The van der Waals surface area contributed by atoms with Crippen LogP contribution in [0.4, 0.5) is 0 Å². The van der Waals surface area contributed by atoms with Gasteiger partial charge in [-0.15, -0.1) is 0 Å². The maximum absolute atomic E-state index is 5.35. The van der Waals surface area contributed by atoms with Crippen molar-refractivity contribution in [2.24, 2.45) is 4.99 Å². The maximum atomic E-state index is 5.35. The Balaban J connectivity index is 1.63. The molecular formula is C21H24N4O2. The Bertz CT molecular complexity index is 935. The van der Waals surface area contributed by atoms with E-state index in [1.54, 1.807) is 21.3 Å². The normalized spacial score (nSPS) is 11.3. The number of methoxy groups -OCH3 is 2. The third-order valence-corrected chi connectivity index (χ3v) is 4.32. The van der Waals surface area contributed by atoms with Crippen molar-refractivity contribution in [1.82, 2.24) is 15.6 Å². The lowest BCUT2D eigenvalue weighted by molar-refractivity contribution is 0.354. The number of aliphatic imine (C=N–C) groups is 1. The largest absolute Gasteiger partial charge is 0.493 e. The minimum atomic E-state index is 0.622. The first-order chi connectivity index (χ1) is 13.2. The zero-order valence-corrected chi connectivity index (χ0v) is 15.8. The van der Waals surface area contributed by atoms with Crippen molar-refractivity contribution in [1.29, 1.82) is 0 Å². The van der Waals surface area contributed by atoms with Crippen molar-refractivity contribution in [3.05, 3.63) is 65.9 Å². The Morgan fingerprint density at radius 2 is 1.74 bits per heavy atom. The lowest BCUT2D eigenvalue weighted by Crippen LogP contribution is -2.36. The number of hydrogen-bond donors (Lipinski definition) is 2. The minimum absolute atomic E-state index is 0.622. The summed E-state index contributed by atoms with van der Waals surface area (Å²) in [7, 11) is 5.02. The van der Waals surface area contributed by atoms with E-state index in [0.29, 0.717) is 24.6 Å². The fraction of sp³-hybridized carbons (Fsp3) is 0.238. The van der Waals surface area contributed by atoms with Crippen LogP contribution in [0.2, 0.25) is 0 Å². The van der Waals surface area contributed by atoms with Crippen LogP contribution in [0.3, 0.4) is 0 Å². The summed E-state index contributed by atoms with van der Waals surface area (Å²) in [5.41, 5.74) is 3.24. The number of nitrogens with zero attached hydrogens (tertiary/aromatic N) is 2. The average molecular weight is 364 g/mol. The van der Waals surface area contributed by atoms with E-state index in [1.165, 1.54) is 5.56 Å². The van der Waals surface area contributed by atoms with Crippen LogP contribution < -0.4 is 20.1 Å². The highest BCUT2D eigenvalue weighted by molar-refractivity contribution is 5.83. The van der Waals surface area contributed by atoms with E-state index in [1.807, 2.05) is 48.7 Å². The maximum Gasteiger partial charge on any atom is 0.191 e. The Kier molecular flexibility index (Phi) is 6.10. The van der Waals surface area contributed by atoms with Crippen molar-refractivity contribution in [2.45, 2.75) is 13.1 Å². The summed E-state index contributed by atoms with van der Waals surface area (Å²) < 4.78 is 10.6. The first-order valence-corrected chi connectivity index (χ1v) is 8.73. The molecule has 0 aliphatic carbocycles. The average Bonchev–Trinajstić information content (AvgIpc) is 2.73. The standard InChI is InChI=1S/C21H24N4O2/c1-22-21(24-13-15-8-9-19(26-2)20(12-15)27-3)25-14-16-10-11-23-18-7-5-4-6-17(16)18/h4-12H,13-14H2,1-3H3,(H2,22,24,25). The van der Waals surface area contributed by atoms with E-state index >= 15 is 0 Å². The van der Waals surface area contributed by atoms with Gasteiger partial charge in [0, 0.05) is 31.7 Å². The molecule has 1 heterocycles. The first kappa shape index (κ1) is 18.5. The second kappa shape index (κ2) is 8.89. The molecule has 0 amide bonds. The highest BCUT2D eigenvalue weighted by atomic mass is 16.5. The Hall–Kier alpha value is -3.28. The molecule has 0 unspecified atom stereocenters. The van der Waals surface area contributed by atoms with Gasteiger partial charge in [0.05, 0.1) is 19.7 Å². The van der Waals surface area contributed by atoms with Crippen molar-refractivity contribution in [3.63, 3.8) is 0 Å². The molecule has 0 bridgehead atoms. The van der Waals surface area contributed by atoms with E-state index in [4.69, 9.17) is 9.47 Å². The smallest absolute Gasteiger partial charge is 0.191 e. The first-order valence-electron chi connectivity index (χ1n) is 8.73. The van der Waals surface area contributed by atoms with E-state index in [-0.39, 0.29) is 0 Å². The number of fused-ring (bicyclic) bond motifs is 1. The summed E-state index contributed by atoms with van der Waals surface area (Å²) in [6.45, 7) is 1.28. The molecule has 0 aliphatic rings. The van der Waals surface area contributed by atoms with Crippen LogP contribution in [0.25, 0.3) is 10.9 Å². The van der Waals surface area contributed by atoms with Gasteiger partial charge < -0.3 is 20.1 Å². The SMILES string of the molecule is CN=C(NCc1ccc(OC)c(OC)c1)NCc1ccnc2ccccc12. The molecular weight excluding hydrogens is 340 g/mol. The predicted octanol–water partition coefficient (Wildman–Crippen LogP) is 3.12. The van der Waals surface area contributed by atoms with Gasteiger partial charge in [-0.1, -0.05) is 24.3 Å². The second-order valence-electron chi connectivity index (χ2n) is 5.96. The molecule has 2 N–H and O–H groups in total. The molecule has 0 saturated carbocycles. The summed E-state index contributed by atoms with van der Waals surface area (Å²) >= 11 is 0. The summed E-state index contributed by atoms with van der Waals surface area (Å²) in [5.74, 6) is 2.15. The van der Waals surface area contributed by atoms with Crippen LogP contribution in [0.15, 0.2) is 59.7 Å². The molecule has 3 aromatic rings. The van der Waals surface area contributed by atoms with Crippen molar-refractivity contribution < 1.29 is 9.47 Å². The molecule has 0 radical (unpaired) electrons. The number of benzene rings is 2. The van der Waals surface area contributed by atoms with E-state index in [2.05, 4.69) is 26.7 Å². The lowest BCUT2D eigenvalue weighted by Gasteiger charge is -2.14. The fourth-order valence-corrected chi connectivity index (χ4v) is 2.89. The highest BCUT2D eigenvalue weighted by Crippen LogP contribution is 2.27. The highest BCUT2D eigenvalue weighted by Gasteiger charge is 2.06. The van der Waals surface area contributed by atoms with Gasteiger partial charge in [-0.2, -0.15) is 0 Å². The second-order valence-corrected chi connectivity index (χ2v) is 5.96. The number of para-hydroxylation sites is 1. The minimum Gasteiger partial charge on any atom is -0.493 e. The Morgan fingerprint density at radius 1 is 0.963 bits per heavy atom. The molecule has 3 rings (SSSR count). The third kappa shape index (κ3) is 4.47. The van der Waals surface area contributed by atoms with Crippen LogP contribution in [0.5, 0.6) is 11.5 Å². The fourth-order valence-electron chi connectivity index (χ4n) is 2.89. The van der Waals surface area contributed by atoms with Gasteiger partial charge in [0.25, 0.3) is 0 Å². The van der Waals surface area contributed by atoms with Crippen molar-refractivity contribution >= 4 is 16.9 Å². The Labute approximate surface area is 159 Å². The van der Waals surface area contributed by atoms with Gasteiger partial charge in [-0.05, 0) is 35.4 Å². The number of ether oxygens (including phenoxy) is 2.